The summed E-state index contributed by atoms with van der Waals surface area (Å²) in [6, 6.07) is 2.16. The van der Waals surface area contributed by atoms with Crippen LogP contribution in [0.15, 0.2) is 18.2 Å². The van der Waals surface area contributed by atoms with Gasteiger partial charge in [0.25, 0.3) is 5.69 Å². The highest BCUT2D eigenvalue weighted by Crippen LogP contribution is 2.34. The summed E-state index contributed by atoms with van der Waals surface area (Å²) in [6.07, 6.45) is -4.63. The molecule has 0 saturated heterocycles. The van der Waals surface area contributed by atoms with Crippen LogP contribution in [0.4, 0.5) is 18.9 Å². The van der Waals surface area contributed by atoms with Crippen LogP contribution in [-0.2, 0) is 6.18 Å². The lowest BCUT2D eigenvalue weighted by atomic mass is 10.2. The van der Waals surface area contributed by atoms with Crippen molar-refractivity contribution in [1.82, 2.24) is 0 Å². The summed E-state index contributed by atoms with van der Waals surface area (Å²) in [5, 5.41) is 10.4. The summed E-state index contributed by atoms with van der Waals surface area (Å²) < 4.78 is 41.9. The van der Waals surface area contributed by atoms with Gasteiger partial charge in [-0.1, -0.05) is 0 Å². The SMILES string of the molecule is CCOc1cc([N+](=O)[O-])cc(C(F)(F)F)c1. The molecule has 0 radical (unpaired) electrons. The fourth-order valence-corrected chi connectivity index (χ4v) is 1.10. The van der Waals surface area contributed by atoms with E-state index in [-0.39, 0.29) is 12.4 Å². The van der Waals surface area contributed by atoms with Crippen molar-refractivity contribution in [2.75, 3.05) is 6.61 Å². The first-order valence-corrected chi connectivity index (χ1v) is 4.34. The Balaban J connectivity index is 3.24. The summed E-state index contributed by atoms with van der Waals surface area (Å²) in [7, 11) is 0. The molecule has 0 aliphatic heterocycles. The number of non-ortho nitro benzene ring substituents is 1. The molecular weight excluding hydrogens is 227 g/mol. The molecule has 0 aliphatic rings. The van der Waals surface area contributed by atoms with E-state index in [9.17, 15) is 23.3 Å². The Bertz CT molecular complexity index is 403. The minimum Gasteiger partial charge on any atom is -0.494 e. The molecule has 1 aromatic carbocycles. The van der Waals surface area contributed by atoms with E-state index < -0.39 is 22.4 Å². The van der Waals surface area contributed by atoms with Crippen molar-refractivity contribution in [2.45, 2.75) is 13.1 Å². The lowest BCUT2D eigenvalue weighted by Crippen LogP contribution is -2.06. The van der Waals surface area contributed by atoms with Gasteiger partial charge in [-0.3, -0.25) is 10.1 Å². The molecule has 0 saturated carbocycles. The Morgan fingerprint density at radius 2 is 2.00 bits per heavy atom. The summed E-state index contributed by atoms with van der Waals surface area (Å²) in [5.74, 6) is -0.163. The van der Waals surface area contributed by atoms with E-state index in [4.69, 9.17) is 4.74 Å². The molecule has 0 amide bonds. The number of nitro groups is 1. The summed E-state index contributed by atoms with van der Waals surface area (Å²) in [6.45, 7) is 1.71. The summed E-state index contributed by atoms with van der Waals surface area (Å²) in [5.41, 5.74) is -1.73. The number of alkyl halides is 3. The Labute approximate surface area is 88.8 Å². The predicted molar refractivity (Wildman–Crippen MR) is 49.3 cm³/mol. The van der Waals surface area contributed by atoms with Crippen molar-refractivity contribution in [3.63, 3.8) is 0 Å². The second kappa shape index (κ2) is 4.38. The van der Waals surface area contributed by atoms with Crippen molar-refractivity contribution in [3.05, 3.63) is 33.9 Å². The van der Waals surface area contributed by atoms with Crippen molar-refractivity contribution in [1.29, 1.82) is 0 Å². The van der Waals surface area contributed by atoms with Crippen molar-refractivity contribution in [2.24, 2.45) is 0 Å². The lowest BCUT2D eigenvalue weighted by molar-refractivity contribution is -0.385. The predicted octanol–water partition coefficient (Wildman–Crippen LogP) is 3.01. The highest BCUT2D eigenvalue weighted by atomic mass is 19.4. The molecule has 0 spiro atoms. The van der Waals surface area contributed by atoms with E-state index in [0.717, 1.165) is 12.1 Å². The van der Waals surface area contributed by atoms with Crippen LogP contribution in [0.2, 0.25) is 0 Å². The first-order chi connectivity index (χ1) is 7.34. The van der Waals surface area contributed by atoms with Gasteiger partial charge in [-0.25, -0.2) is 0 Å². The van der Waals surface area contributed by atoms with Crippen LogP contribution in [-0.4, -0.2) is 11.5 Å². The first kappa shape index (κ1) is 12.3. The topological polar surface area (TPSA) is 52.4 Å². The zero-order chi connectivity index (χ0) is 12.3. The van der Waals surface area contributed by atoms with Gasteiger partial charge in [0.2, 0.25) is 0 Å². The van der Waals surface area contributed by atoms with E-state index in [0.29, 0.717) is 6.07 Å². The molecule has 0 aromatic heterocycles. The molecule has 0 bridgehead atoms. The third kappa shape index (κ3) is 2.85. The minimum absolute atomic E-state index is 0.137. The number of ether oxygens (including phenoxy) is 1. The smallest absolute Gasteiger partial charge is 0.416 e. The Morgan fingerprint density at radius 1 is 1.38 bits per heavy atom. The highest BCUT2D eigenvalue weighted by molar-refractivity contribution is 5.43. The van der Waals surface area contributed by atoms with Gasteiger partial charge in [0.05, 0.1) is 23.2 Å². The third-order valence-electron chi connectivity index (χ3n) is 1.74. The molecule has 0 heterocycles. The van der Waals surface area contributed by atoms with E-state index >= 15 is 0 Å². The van der Waals surface area contributed by atoms with Crippen molar-refractivity contribution in [3.8, 4) is 5.75 Å². The zero-order valence-corrected chi connectivity index (χ0v) is 8.25. The monoisotopic (exact) mass is 235 g/mol. The molecule has 4 nitrogen and oxygen atoms in total. The van der Waals surface area contributed by atoms with E-state index in [1.54, 1.807) is 6.92 Å². The highest BCUT2D eigenvalue weighted by Gasteiger charge is 2.33. The molecule has 1 aromatic rings. The maximum Gasteiger partial charge on any atom is 0.416 e. The summed E-state index contributed by atoms with van der Waals surface area (Å²) >= 11 is 0. The first-order valence-electron chi connectivity index (χ1n) is 4.34. The lowest BCUT2D eigenvalue weighted by Gasteiger charge is -2.09. The van der Waals surface area contributed by atoms with Gasteiger partial charge in [0, 0.05) is 6.07 Å². The van der Waals surface area contributed by atoms with Gasteiger partial charge >= 0.3 is 6.18 Å². The van der Waals surface area contributed by atoms with Gasteiger partial charge in [0.15, 0.2) is 0 Å². The number of rotatable bonds is 3. The summed E-state index contributed by atoms with van der Waals surface area (Å²) in [4.78, 5) is 9.53. The van der Waals surface area contributed by atoms with Crippen molar-refractivity contribution < 1.29 is 22.8 Å². The molecule has 0 unspecified atom stereocenters. The molecule has 88 valence electrons. The largest absolute Gasteiger partial charge is 0.494 e. The number of hydrogen-bond donors (Lipinski definition) is 0. The Morgan fingerprint density at radius 3 is 2.44 bits per heavy atom. The molecular formula is C9H8F3NO3. The number of nitrogens with zero attached hydrogens (tertiary/aromatic N) is 1. The van der Waals surface area contributed by atoms with Crippen LogP contribution in [0, 0.1) is 10.1 Å². The maximum atomic E-state index is 12.4. The second-order valence-electron chi connectivity index (χ2n) is 2.90. The Kier molecular flexibility index (Phi) is 3.36. The van der Waals surface area contributed by atoms with Crippen LogP contribution < -0.4 is 4.74 Å². The zero-order valence-electron chi connectivity index (χ0n) is 8.25. The standard InChI is InChI=1S/C9H8F3NO3/c1-2-16-8-4-6(9(10,11)12)3-7(5-8)13(14)15/h3-5H,2H2,1H3. The normalized spacial score (nSPS) is 11.2. The second-order valence-corrected chi connectivity index (χ2v) is 2.90. The van der Waals surface area contributed by atoms with Gasteiger partial charge in [-0.2, -0.15) is 13.2 Å². The van der Waals surface area contributed by atoms with E-state index in [1.165, 1.54) is 0 Å². The van der Waals surface area contributed by atoms with Crippen LogP contribution in [0.25, 0.3) is 0 Å². The average molecular weight is 235 g/mol. The number of nitro benzene ring substituents is 1. The van der Waals surface area contributed by atoms with Crippen LogP contribution in [0.1, 0.15) is 12.5 Å². The minimum atomic E-state index is -4.63. The fourth-order valence-electron chi connectivity index (χ4n) is 1.10. The quantitative estimate of drug-likeness (QED) is 0.597. The van der Waals surface area contributed by atoms with Gasteiger partial charge in [-0.15, -0.1) is 0 Å². The van der Waals surface area contributed by atoms with Gasteiger partial charge < -0.3 is 4.74 Å². The van der Waals surface area contributed by atoms with E-state index in [2.05, 4.69) is 0 Å². The van der Waals surface area contributed by atoms with Crippen LogP contribution in [0.3, 0.4) is 0 Å². The van der Waals surface area contributed by atoms with Crippen LogP contribution in [0.5, 0.6) is 5.75 Å². The Hall–Kier alpha value is -1.79. The maximum absolute atomic E-state index is 12.4. The molecule has 0 aliphatic carbocycles. The third-order valence-corrected chi connectivity index (χ3v) is 1.74. The van der Waals surface area contributed by atoms with Gasteiger partial charge in [0.1, 0.15) is 5.75 Å². The number of benzene rings is 1. The molecule has 0 fully saturated rings. The number of hydrogen-bond acceptors (Lipinski definition) is 3. The van der Waals surface area contributed by atoms with Crippen molar-refractivity contribution >= 4 is 5.69 Å². The molecule has 0 N–H and O–H groups in total. The molecule has 16 heavy (non-hydrogen) atoms. The van der Waals surface area contributed by atoms with Crippen LogP contribution >= 0.6 is 0 Å². The molecule has 0 atom stereocenters. The number of halogens is 3. The average Bonchev–Trinajstić information content (AvgIpc) is 2.16. The van der Waals surface area contributed by atoms with Gasteiger partial charge in [-0.05, 0) is 13.0 Å². The molecule has 7 heteroatoms. The fraction of sp³-hybridized carbons (Fsp3) is 0.333. The van der Waals surface area contributed by atoms with E-state index in [1.807, 2.05) is 0 Å². The molecule has 1 rings (SSSR count).